The van der Waals surface area contributed by atoms with E-state index in [-0.39, 0.29) is 0 Å². The van der Waals surface area contributed by atoms with E-state index in [4.69, 9.17) is 23.2 Å². The number of hydrogen-bond acceptors (Lipinski definition) is 7. The molecule has 0 atom stereocenters. The Balaban J connectivity index is 1.53. The van der Waals surface area contributed by atoms with Crippen LogP contribution in [-0.2, 0) is 6.18 Å². The lowest BCUT2D eigenvalue weighted by Crippen LogP contribution is -2.20. The Kier molecular flexibility index (Phi) is 6.13. The van der Waals surface area contributed by atoms with E-state index in [1.807, 2.05) is 0 Å². The average Bonchev–Trinajstić information content (AvgIpc) is 3.46. The summed E-state index contributed by atoms with van der Waals surface area (Å²) in [5, 5.41) is 7.65. The van der Waals surface area contributed by atoms with E-state index in [1.165, 1.54) is 23.5 Å². The summed E-state index contributed by atoms with van der Waals surface area (Å²) in [7, 11) is 0. The second-order valence-corrected chi connectivity index (χ2v) is 9.45. The number of nitrogens with one attached hydrogen (secondary N) is 2. The lowest BCUT2D eigenvalue weighted by molar-refractivity contribution is -0.137. The van der Waals surface area contributed by atoms with Crippen LogP contribution >= 0.6 is 34.5 Å². The molecule has 0 aliphatic carbocycles. The molecule has 0 radical (unpaired) electrons. The summed E-state index contributed by atoms with van der Waals surface area (Å²) in [6.45, 7) is 1.68. The number of rotatable bonds is 5. The second-order valence-electron chi connectivity index (χ2n) is 7.66. The zero-order valence-corrected chi connectivity index (χ0v) is 19.8. The molecule has 0 bridgehead atoms. The number of benzene rings is 2. The van der Waals surface area contributed by atoms with Crippen LogP contribution in [0.3, 0.4) is 0 Å². The van der Waals surface area contributed by atoms with E-state index >= 15 is 0 Å². The molecule has 1 fully saturated rings. The number of thiazole rings is 1. The summed E-state index contributed by atoms with van der Waals surface area (Å²) >= 11 is 13.9. The van der Waals surface area contributed by atoms with Crippen LogP contribution in [0.25, 0.3) is 10.3 Å². The molecule has 0 amide bonds. The topological polar surface area (TPSA) is 66.0 Å². The molecule has 2 aromatic heterocycles. The first kappa shape index (κ1) is 22.9. The average molecular weight is 525 g/mol. The van der Waals surface area contributed by atoms with Gasteiger partial charge in [0.2, 0.25) is 5.95 Å². The van der Waals surface area contributed by atoms with Gasteiger partial charge in [0.05, 0.1) is 21.3 Å². The molecule has 0 saturated carbocycles. The quantitative estimate of drug-likeness (QED) is 0.281. The first-order valence-electron chi connectivity index (χ1n) is 10.4. The molecule has 1 aliphatic rings. The van der Waals surface area contributed by atoms with E-state index in [9.17, 15) is 13.2 Å². The van der Waals surface area contributed by atoms with Crippen LogP contribution in [0.2, 0.25) is 10.0 Å². The van der Waals surface area contributed by atoms with Crippen molar-refractivity contribution in [3.8, 4) is 0 Å². The van der Waals surface area contributed by atoms with Gasteiger partial charge in [-0.25, -0.2) is 4.98 Å². The monoisotopic (exact) mass is 524 g/mol. The number of aromatic nitrogens is 3. The summed E-state index contributed by atoms with van der Waals surface area (Å²) in [4.78, 5) is 16.7. The molecule has 2 N–H and O–H groups in total. The van der Waals surface area contributed by atoms with E-state index in [2.05, 4.69) is 30.5 Å². The predicted octanol–water partition coefficient (Wildman–Crippen LogP) is 7.50. The Morgan fingerprint density at radius 1 is 0.882 bits per heavy atom. The maximum atomic E-state index is 12.9. The molecular formula is C22H17Cl2F3N6S. The first-order chi connectivity index (χ1) is 16.3. The molecule has 176 valence electrons. The standard InChI is InChI=1S/C22H17Cl2F3N6S/c23-14-4-3-5-15(24)16(14)29-21-30-17-18(28-13-8-6-12(7-9-13)22(25,26)27)31-20(32-19(17)34-21)33-10-1-2-11-33/h3-9H,1-2,10-11H2,(H,29,30)(H,28,31,32). The third-order valence-electron chi connectivity index (χ3n) is 5.31. The fourth-order valence-electron chi connectivity index (χ4n) is 3.61. The Labute approximate surface area is 206 Å². The van der Waals surface area contributed by atoms with Gasteiger partial charge in [-0.1, -0.05) is 40.6 Å². The van der Waals surface area contributed by atoms with Gasteiger partial charge in [0.15, 0.2) is 15.8 Å². The van der Waals surface area contributed by atoms with Crippen molar-refractivity contribution in [2.75, 3.05) is 28.6 Å². The predicted molar refractivity (Wildman–Crippen MR) is 131 cm³/mol. The smallest absolute Gasteiger partial charge is 0.341 e. The van der Waals surface area contributed by atoms with Crippen molar-refractivity contribution < 1.29 is 13.2 Å². The van der Waals surface area contributed by atoms with Gasteiger partial charge < -0.3 is 15.5 Å². The van der Waals surface area contributed by atoms with Crippen molar-refractivity contribution in [1.29, 1.82) is 0 Å². The minimum absolute atomic E-state index is 0.404. The SMILES string of the molecule is FC(F)(F)c1ccc(Nc2nc(N3CCCC3)nc3sc(Nc4c(Cl)cccc4Cl)nc23)cc1. The van der Waals surface area contributed by atoms with Crippen molar-refractivity contribution in [3.05, 3.63) is 58.1 Å². The molecule has 34 heavy (non-hydrogen) atoms. The lowest BCUT2D eigenvalue weighted by Gasteiger charge is -2.16. The van der Waals surface area contributed by atoms with Gasteiger partial charge in [-0.05, 0) is 49.2 Å². The highest BCUT2D eigenvalue weighted by molar-refractivity contribution is 7.22. The van der Waals surface area contributed by atoms with Crippen LogP contribution < -0.4 is 15.5 Å². The number of anilines is 5. The number of halogens is 5. The van der Waals surface area contributed by atoms with Crippen molar-refractivity contribution in [1.82, 2.24) is 15.0 Å². The van der Waals surface area contributed by atoms with Crippen LogP contribution in [0.1, 0.15) is 18.4 Å². The molecular weight excluding hydrogens is 508 g/mol. The zero-order chi connectivity index (χ0) is 23.9. The van der Waals surface area contributed by atoms with Crippen molar-refractivity contribution in [2.24, 2.45) is 0 Å². The molecule has 1 saturated heterocycles. The lowest BCUT2D eigenvalue weighted by atomic mass is 10.2. The Hall–Kier alpha value is -2.82. The fraction of sp³-hybridized carbons (Fsp3) is 0.227. The molecule has 6 nitrogen and oxygen atoms in total. The highest BCUT2D eigenvalue weighted by atomic mass is 35.5. The summed E-state index contributed by atoms with van der Waals surface area (Å²) in [6, 6.07) is 9.94. The molecule has 2 aromatic carbocycles. The molecule has 1 aliphatic heterocycles. The van der Waals surface area contributed by atoms with Crippen LogP contribution in [-0.4, -0.2) is 28.0 Å². The highest BCUT2D eigenvalue weighted by Crippen LogP contribution is 2.38. The van der Waals surface area contributed by atoms with Crippen molar-refractivity contribution in [3.63, 3.8) is 0 Å². The third-order valence-corrected chi connectivity index (χ3v) is 6.80. The molecule has 4 aromatic rings. The number of nitrogens with zero attached hydrogens (tertiary/aromatic N) is 4. The Bertz CT molecular complexity index is 1320. The second kappa shape index (κ2) is 9.09. The maximum absolute atomic E-state index is 12.9. The first-order valence-corrected chi connectivity index (χ1v) is 11.9. The molecule has 5 rings (SSSR count). The normalized spacial score (nSPS) is 14.1. The zero-order valence-electron chi connectivity index (χ0n) is 17.5. The van der Waals surface area contributed by atoms with Gasteiger partial charge >= 0.3 is 6.18 Å². The summed E-state index contributed by atoms with van der Waals surface area (Å²) < 4.78 is 38.8. The summed E-state index contributed by atoms with van der Waals surface area (Å²) in [5.41, 5.74) is 0.741. The van der Waals surface area contributed by atoms with E-state index in [0.717, 1.165) is 38.1 Å². The summed E-state index contributed by atoms with van der Waals surface area (Å²) in [5.74, 6) is 0.951. The summed E-state index contributed by atoms with van der Waals surface area (Å²) in [6.07, 6.45) is -2.31. The van der Waals surface area contributed by atoms with Gasteiger partial charge in [0.25, 0.3) is 0 Å². The molecule has 12 heteroatoms. The van der Waals surface area contributed by atoms with E-state index < -0.39 is 11.7 Å². The number of alkyl halides is 3. The van der Waals surface area contributed by atoms with Gasteiger partial charge in [0, 0.05) is 18.8 Å². The molecule has 3 heterocycles. The van der Waals surface area contributed by atoms with Crippen LogP contribution in [0.5, 0.6) is 0 Å². The Morgan fingerprint density at radius 3 is 2.21 bits per heavy atom. The largest absolute Gasteiger partial charge is 0.416 e. The third kappa shape index (κ3) is 4.70. The number of hydrogen-bond donors (Lipinski definition) is 2. The number of para-hydroxylation sites is 1. The molecule has 0 spiro atoms. The van der Waals surface area contributed by atoms with Crippen molar-refractivity contribution in [2.45, 2.75) is 19.0 Å². The van der Waals surface area contributed by atoms with Gasteiger partial charge in [-0.15, -0.1) is 0 Å². The highest BCUT2D eigenvalue weighted by Gasteiger charge is 2.30. The van der Waals surface area contributed by atoms with Gasteiger partial charge in [0.1, 0.15) is 5.52 Å². The molecule has 0 unspecified atom stereocenters. The van der Waals surface area contributed by atoms with Crippen LogP contribution in [0, 0.1) is 0 Å². The minimum atomic E-state index is -4.40. The number of fused-ring (bicyclic) bond motifs is 1. The maximum Gasteiger partial charge on any atom is 0.416 e. The Morgan fingerprint density at radius 2 is 1.56 bits per heavy atom. The van der Waals surface area contributed by atoms with E-state index in [0.29, 0.717) is 48.7 Å². The minimum Gasteiger partial charge on any atom is -0.341 e. The van der Waals surface area contributed by atoms with Gasteiger partial charge in [-0.3, -0.25) is 0 Å². The van der Waals surface area contributed by atoms with Gasteiger partial charge in [-0.2, -0.15) is 23.1 Å². The van der Waals surface area contributed by atoms with Crippen molar-refractivity contribution >= 4 is 73.2 Å². The van der Waals surface area contributed by atoms with Crippen LogP contribution in [0.4, 0.5) is 41.4 Å². The van der Waals surface area contributed by atoms with Crippen LogP contribution in [0.15, 0.2) is 42.5 Å². The van der Waals surface area contributed by atoms with E-state index in [1.54, 1.807) is 18.2 Å². The fourth-order valence-corrected chi connectivity index (χ4v) is 4.94.